The maximum Gasteiger partial charge on any atom is 0.387 e. The van der Waals surface area contributed by atoms with Crippen molar-refractivity contribution in [2.75, 3.05) is 26.2 Å². The normalized spacial score (nSPS) is 15.4. The summed E-state index contributed by atoms with van der Waals surface area (Å²) in [4.78, 5) is 16.7. The number of rotatable bonds is 7. The van der Waals surface area contributed by atoms with E-state index >= 15 is 0 Å². The first-order chi connectivity index (χ1) is 13.5. The molecule has 0 aromatic heterocycles. The van der Waals surface area contributed by atoms with Gasteiger partial charge in [-0.15, -0.1) is 0 Å². The minimum atomic E-state index is -2.88. The van der Waals surface area contributed by atoms with E-state index in [0.29, 0.717) is 5.56 Å². The zero-order chi connectivity index (χ0) is 19.9. The molecule has 0 N–H and O–H groups in total. The number of hydrogen-bond acceptors (Lipinski definition) is 4. The van der Waals surface area contributed by atoms with Crippen molar-refractivity contribution in [3.63, 3.8) is 0 Å². The second-order valence-corrected chi connectivity index (χ2v) is 6.89. The van der Waals surface area contributed by atoms with Crippen LogP contribution in [0.15, 0.2) is 60.8 Å². The Kier molecular flexibility index (Phi) is 7.01. The van der Waals surface area contributed by atoms with Crippen LogP contribution in [0.3, 0.4) is 0 Å². The molecular formula is C21H21ClF2N2O2. The summed E-state index contributed by atoms with van der Waals surface area (Å²) in [5, 5.41) is 0.778. The fraction of sp³-hybridized carbons (Fsp3) is 0.286. The minimum absolute atomic E-state index is 0.0326. The van der Waals surface area contributed by atoms with Crippen LogP contribution in [0.5, 0.6) is 5.75 Å². The Bertz CT molecular complexity index is 819. The van der Waals surface area contributed by atoms with Crippen LogP contribution in [0.25, 0.3) is 0 Å². The van der Waals surface area contributed by atoms with Crippen molar-refractivity contribution in [1.29, 1.82) is 0 Å². The lowest BCUT2D eigenvalue weighted by Gasteiger charge is -2.34. The Hall–Kier alpha value is -2.44. The van der Waals surface area contributed by atoms with Gasteiger partial charge in [-0.25, -0.2) is 0 Å². The number of carbonyl (C=O) groups is 1. The summed E-state index contributed by atoms with van der Waals surface area (Å²) in [6, 6.07) is 13.5. The first-order valence-corrected chi connectivity index (χ1v) is 9.36. The molecule has 1 saturated heterocycles. The summed E-state index contributed by atoms with van der Waals surface area (Å²) in [5.41, 5.74) is 1.54. The van der Waals surface area contributed by atoms with Crippen LogP contribution >= 0.6 is 11.6 Å². The number of alkyl halides is 2. The zero-order valence-corrected chi connectivity index (χ0v) is 16.0. The number of nitrogens with zero attached hydrogens (tertiary/aromatic N) is 2. The molecule has 0 amide bonds. The number of ether oxygens (including phenoxy) is 1. The van der Waals surface area contributed by atoms with Gasteiger partial charge in [0, 0.05) is 55.6 Å². The van der Waals surface area contributed by atoms with Crippen LogP contribution < -0.4 is 4.74 Å². The van der Waals surface area contributed by atoms with Crippen molar-refractivity contribution in [1.82, 2.24) is 9.80 Å². The van der Waals surface area contributed by atoms with Crippen molar-refractivity contribution in [2.45, 2.75) is 13.2 Å². The monoisotopic (exact) mass is 406 g/mol. The molecule has 1 fully saturated rings. The third-order valence-corrected chi connectivity index (χ3v) is 4.93. The Labute approximate surface area is 168 Å². The molecule has 0 spiro atoms. The number of carbonyl (C=O) groups excluding carboxylic acids is 1. The summed E-state index contributed by atoms with van der Waals surface area (Å²) in [6.45, 7) is 1.32. The number of piperazine rings is 1. The Morgan fingerprint density at radius 2 is 1.75 bits per heavy atom. The van der Waals surface area contributed by atoms with E-state index in [1.54, 1.807) is 6.20 Å². The van der Waals surface area contributed by atoms with E-state index in [1.165, 1.54) is 30.3 Å². The van der Waals surface area contributed by atoms with Crippen molar-refractivity contribution in [2.24, 2.45) is 0 Å². The highest BCUT2D eigenvalue weighted by Gasteiger charge is 2.16. The lowest BCUT2D eigenvalue weighted by molar-refractivity contribution is -0.0498. The van der Waals surface area contributed by atoms with Gasteiger partial charge in [-0.05, 0) is 35.9 Å². The van der Waals surface area contributed by atoms with E-state index in [9.17, 15) is 13.6 Å². The van der Waals surface area contributed by atoms with Gasteiger partial charge in [0.1, 0.15) is 5.75 Å². The van der Waals surface area contributed by atoms with E-state index in [-0.39, 0.29) is 11.5 Å². The highest BCUT2D eigenvalue weighted by Crippen LogP contribution is 2.18. The van der Waals surface area contributed by atoms with Gasteiger partial charge in [0.15, 0.2) is 5.78 Å². The van der Waals surface area contributed by atoms with Crippen LogP contribution in [-0.4, -0.2) is 48.4 Å². The van der Waals surface area contributed by atoms with Crippen LogP contribution in [0.4, 0.5) is 8.78 Å². The molecule has 1 aliphatic heterocycles. The summed E-state index contributed by atoms with van der Waals surface area (Å²) in [5.74, 6) is -0.146. The molecule has 0 bridgehead atoms. The minimum Gasteiger partial charge on any atom is -0.435 e. The second-order valence-electron chi connectivity index (χ2n) is 6.49. The molecule has 1 aliphatic rings. The highest BCUT2D eigenvalue weighted by molar-refractivity contribution is 6.31. The van der Waals surface area contributed by atoms with Gasteiger partial charge in [-0.1, -0.05) is 29.8 Å². The lowest BCUT2D eigenvalue weighted by Crippen LogP contribution is -2.43. The molecule has 0 saturated carbocycles. The Morgan fingerprint density at radius 3 is 2.39 bits per heavy atom. The molecule has 0 radical (unpaired) electrons. The van der Waals surface area contributed by atoms with Crippen molar-refractivity contribution >= 4 is 17.4 Å². The summed E-state index contributed by atoms with van der Waals surface area (Å²) < 4.78 is 28.6. The van der Waals surface area contributed by atoms with Crippen LogP contribution in [0, 0.1) is 0 Å². The average molecular weight is 407 g/mol. The summed E-state index contributed by atoms with van der Waals surface area (Å²) in [7, 11) is 0. The molecular weight excluding hydrogens is 386 g/mol. The third kappa shape index (κ3) is 5.78. The van der Waals surface area contributed by atoms with Gasteiger partial charge in [0.05, 0.1) is 0 Å². The maximum absolute atomic E-state index is 12.2. The second kappa shape index (κ2) is 9.66. The molecule has 7 heteroatoms. The molecule has 3 rings (SSSR count). The highest BCUT2D eigenvalue weighted by atomic mass is 35.5. The quantitative estimate of drug-likeness (QED) is 0.502. The molecule has 28 heavy (non-hydrogen) atoms. The Morgan fingerprint density at radius 1 is 1.07 bits per heavy atom. The first kappa shape index (κ1) is 20.3. The summed E-state index contributed by atoms with van der Waals surface area (Å²) >= 11 is 6.22. The predicted octanol–water partition coefficient (Wildman–Crippen LogP) is 4.46. The van der Waals surface area contributed by atoms with Crippen molar-refractivity contribution in [3.8, 4) is 5.75 Å². The lowest BCUT2D eigenvalue weighted by atomic mass is 10.1. The van der Waals surface area contributed by atoms with E-state index in [2.05, 4.69) is 14.5 Å². The standard InChI is InChI=1S/C21H21ClF2N2O2/c22-19-4-2-1-3-17(19)15-26-13-11-25(12-14-26)10-9-20(27)16-5-7-18(8-6-16)28-21(23)24/h1-10,21H,11-15H2/b10-9+. The van der Waals surface area contributed by atoms with Crippen LogP contribution in [-0.2, 0) is 6.54 Å². The number of benzene rings is 2. The third-order valence-electron chi connectivity index (χ3n) is 4.56. The van der Waals surface area contributed by atoms with Crippen molar-refractivity contribution in [3.05, 3.63) is 77.0 Å². The average Bonchev–Trinajstić information content (AvgIpc) is 2.69. The van der Waals surface area contributed by atoms with Gasteiger partial charge in [-0.2, -0.15) is 8.78 Å². The van der Waals surface area contributed by atoms with E-state index in [4.69, 9.17) is 11.6 Å². The number of ketones is 1. The number of hydrogen-bond donors (Lipinski definition) is 0. The molecule has 2 aromatic rings. The van der Waals surface area contributed by atoms with E-state index < -0.39 is 6.61 Å². The SMILES string of the molecule is O=C(/C=C/N1CCN(Cc2ccccc2Cl)CC1)c1ccc(OC(F)F)cc1. The predicted molar refractivity (Wildman–Crippen MR) is 105 cm³/mol. The fourth-order valence-corrected chi connectivity index (χ4v) is 3.20. The van der Waals surface area contributed by atoms with Gasteiger partial charge < -0.3 is 9.64 Å². The van der Waals surface area contributed by atoms with E-state index in [1.807, 2.05) is 24.3 Å². The van der Waals surface area contributed by atoms with Gasteiger partial charge in [0.25, 0.3) is 0 Å². The Balaban J connectivity index is 1.48. The molecule has 0 atom stereocenters. The van der Waals surface area contributed by atoms with Gasteiger partial charge in [-0.3, -0.25) is 9.69 Å². The van der Waals surface area contributed by atoms with Crippen LogP contribution in [0.1, 0.15) is 15.9 Å². The first-order valence-electron chi connectivity index (χ1n) is 8.98. The number of allylic oxidation sites excluding steroid dienone is 1. The molecule has 148 valence electrons. The van der Waals surface area contributed by atoms with E-state index in [0.717, 1.165) is 43.3 Å². The van der Waals surface area contributed by atoms with Crippen molar-refractivity contribution < 1.29 is 18.3 Å². The maximum atomic E-state index is 12.2. The molecule has 0 aliphatic carbocycles. The molecule has 0 unspecified atom stereocenters. The zero-order valence-electron chi connectivity index (χ0n) is 15.2. The topological polar surface area (TPSA) is 32.8 Å². The van der Waals surface area contributed by atoms with Gasteiger partial charge >= 0.3 is 6.61 Å². The number of halogens is 3. The smallest absolute Gasteiger partial charge is 0.387 e. The largest absolute Gasteiger partial charge is 0.435 e. The molecule has 2 aromatic carbocycles. The molecule has 4 nitrogen and oxygen atoms in total. The fourth-order valence-electron chi connectivity index (χ4n) is 3.01. The summed E-state index contributed by atoms with van der Waals surface area (Å²) in [6.07, 6.45) is 3.30. The van der Waals surface area contributed by atoms with Gasteiger partial charge in [0.2, 0.25) is 0 Å². The van der Waals surface area contributed by atoms with Crippen LogP contribution in [0.2, 0.25) is 5.02 Å². The molecule has 1 heterocycles.